The number of cyclic esters (lactones) is 1. The van der Waals surface area contributed by atoms with Gasteiger partial charge in [0.2, 0.25) is 0 Å². The minimum atomic E-state index is -1.83. The minimum absolute atomic E-state index is 0.0758. The van der Waals surface area contributed by atoms with E-state index < -0.39 is 102 Å². The van der Waals surface area contributed by atoms with Crippen molar-refractivity contribution in [1.29, 1.82) is 0 Å². The quantitative estimate of drug-likeness (QED) is 0.159. The first kappa shape index (κ1) is 50.4. The number of carbonyl (C=O) groups excluding carboxylic acids is 2. The Balaban J connectivity index is 2.16. The lowest BCUT2D eigenvalue weighted by molar-refractivity contribution is -0.317. The van der Waals surface area contributed by atoms with Crippen molar-refractivity contribution in [2.24, 2.45) is 17.8 Å². The fourth-order valence-electron chi connectivity index (χ4n) is 9.26. The third kappa shape index (κ3) is 11.9. The topological polar surface area (TPSA) is 198 Å². The molecular formula is C42H77N3O13. The number of esters is 1. The van der Waals surface area contributed by atoms with Crippen LogP contribution in [-0.4, -0.2) is 174 Å². The predicted molar refractivity (Wildman–Crippen MR) is 217 cm³/mol. The van der Waals surface area contributed by atoms with Crippen molar-refractivity contribution in [2.75, 3.05) is 41.3 Å². The summed E-state index contributed by atoms with van der Waals surface area (Å²) >= 11 is 0. The van der Waals surface area contributed by atoms with Gasteiger partial charge >= 0.3 is 12.1 Å². The van der Waals surface area contributed by atoms with Crippen LogP contribution in [0.3, 0.4) is 0 Å². The standard InChI is InChI=1S/C42H77N3O13/c1-16-18-43-39(49)58-36-28(8)54-31(21-41(36,10)52-15)56-33-25(5)35(57-38-32(46)29(44(12)13)19-24(4)53-38)40(9,50)20-23(3)22-45(14)27(7)34(47)42(11,51)30(17-2)55-37(48)26(33)6/h16,23-36,38,46-47,50-51H,1,17-22H2,2-15H3,(H,43,49)/t23-,24-,25+,26-,27-,28+,29+,30-,31+,32-,33+,34-,35-,36+,38+,40+,41-,42-/m1/s1. The van der Waals surface area contributed by atoms with Gasteiger partial charge in [0.25, 0.3) is 0 Å². The van der Waals surface area contributed by atoms with E-state index in [1.165, 1.54) is 20.1 Å². The second-order valence-corrected chi connectivity index (χ2v) is 18.2. The summed E-state index contributed by atoms with van der Waals surface area (Å²) in [7, 11) is 7.09. The highest BCUT2D eigenvalue weighted by atomic mass is 16.7. The number of ether oxygens (including phenoxy) is 7. The van der Waals surface area contributed by atoms with Crippen molar-refractivity contribution < 1.29 is 63.2 Å². The van der Waals surface area contributed by atoms with Gasteiger partial charge in [-0.25, -0.2) is 4.79 Å². The number of aliphatic hydroxyl groups excluding tert-OH is 2. The van der Waals surface area contributed by atoms with Gasteiger partial charge in [0.15, 0.2) is 18.7 Å². The van der Waals surface area contributed by atoms with Crippen molar-refractivity contribution >= 4 is 12.1 Å². The monoisotopic (exact) mass is 832 g/mol. The van der Waals surface area contributed by atoms with Crippen LogP contribution in [0.5, 0.6) is 0 Å². The molecule has 18 atom stereocenters. The molecule has 58 heavy (non-hydrogen) atoms. The molecule has 3 fully saturated rings. The van der Waals surface area contributed by atoms with E-state index in [1.807, 2.05) is 44.8 Å². The Morgan fingerprint density at radius 3 is 2.24 bits per heavy atom. The number of likely N-dealkylation sites (N-methyl/N-ethyl adjacent to an activating group) is 2. The van der Waals surface area contributed by atoms with E-state index in [4.69, 9.17) is 33.2 Å². The Labute approximate surface area is 346 Å². The molecule has 0 aliphatic carbocycles. The van der Waals surface area contributed by atoms with Gasteiger partial charge in [-0.2, -0.15) is 0 Å². The number of hydrogen-bond acceptors (Lipinski definition) is 15. The van der Waals surface area contributed by atoms with Crippen molar-refractivity contribution in [3.8, 4) is 0 Å². The molecule has 3 aliphatic rings. The average Bonchev–Trinajstić information content (AvgIpc) is 3.14. The van der Waals surface area contributed by atoms with Crippen molar-refractivity contribution in [3.05, 3.63) is 12.7 Å². The average molecular weight is 832 g/mol. The summed E-state index contributed by atoms with van der Waals surface area (Å²) in [5.41, 5.74) is -4.52. The third-order valence-corrected chi connectivity index (χ3v) is 12.8. The van der Waals surface area contributed by atoms with Crippen LogP contribution in [0.2, 0.25) is 0 Å². The zero-order valence-corrected chi connectivity index (χ0v) is 37.5. The largest absolute Gasteiger partial charge is 0.459 e. The van der Waals surface area contributed by atoms with Gasteiger partial charge in [0.05, 0.1) is 35.9 Å². The van der Waals surface area contributed by atoms with Crippen LogP contribution >= 0.6 is 0 Å². The highest BCUT2D eigenvalue weighted by Gasteiger charge is 2.53. The van der Waals surface area contributed by atoms with Gasteiger partial charge in [0, 0.05) is 44.6 Å². The first-order valence-electron chi connectivity index (χ1n) is 20.9. The summed E-state index contributed by atoms with van der Waals surface area (Å²) in [6, 6.07) is -0.856. The van der Waals surface area contributed by atoms with E-state index in [-0.39, 0.29) is 43.9 Å². The molecule has 338 valence electrons. The molecule has 16 nitrogen and oxygen atoms in total. The molecule has 0 saturated carbocycles. The number of nitrogens with zero attached hydrogens (tertiary/aromatic N) is 2. The summed E-state index contributed by atoms with van der Waals surface area (Å²) in [5, 5.41) is 50.2. The van der Waals surface area contributed by atoms with Crippen LogP contribution in [0.25, 0.3) is 0 Å². The highest BCUT2D eigenvalue weighted by Crippen LogP contribution is 2.41. The molecule has 16 heteroatoms. The molecule has 3 rings (SSSR count). The van der Waals surface area contributed by atoms with Crippen LogP contribution in [0.15, 0.2) is 12.7 Å². The molecule has 0 unspecified atom stereocenters. The molecule has 3 saturated heterocycles. The van der Waals surface area contributed by atoms with Crippen LogP contribution in [0.4, 0.5) is 4.79 Å². The van der Waals surface area contributed by atoms with E-state index in [0.29, 0.717) is 13.0 Å². The van der Waals surface area contributed by atoms with Crippen LogP contribution < -0.4 is 5.32 Å². The number of methoxy groups -OCH3 is 1. The smallest absolute Gasteiger partial charge is 0.407 e. The maximum absolute atomic E-state index is 14.4. The Bertz CT molecular complexity index is 1340. The zero-order valence-electron chi connectivity index (χ0n) is 37.5. The maximum Gasteiger partial charge on any atom is 0.407 e. The molecular weight excluding hydrogens is 754 g/mol. The van der Waals surface area contributed by atoms with Crippen molar-refractivity contribution in [2.45, 2.75) is 185 Å². The first-order valence-corrected chi connectivity index (χ1v) is 20.9. The lowest BCUT2D eigenvalue weighted by Gasteiger charge is -2.49. The molecule has 0 radical (unpaired) electrons. The van der Waals surface area contributed by atoms with E-state index in [1.54, 1.807) is 48.5 Å². The number of rotatable bonds is 10. The molecule has 3 aliphatic heterocycles. The van der Waals surface area contributed by atoms with E-state index >= 15 is 0 Å². The molecule has 0 aromatic carbocycles. The highest BCUT2D eigenvalue weighted by molar-refractivity contribution is 5.73. The predicted octanol–water partition coefficient (Wildman–Crippen LogP) is 2.82. The lowest BCUT2D eigenvalue weighted by atomic mass is 9.77. The number of hydrogen-bond donors (Lipinski definition) is 5. The second kappa shape index (κ2) is 20.7. The van der Waals surface area contributed by atoms with E-state index in [9.17, 15) is 30.0 Å². The number of carbonyl (C=O) groups is 2. The zero-order chi connectivity index (χ0) is 44.1. The number of amides is 1. The molecule has 3 heterocycles. The SMILES string of the molecule is C=CCNC(=O)O[C@H]1[C@H](C)O[C@@H](O[C@H]2[C@H](C)[C@@H](O[C@@H]3O[C@H](C)C[C@H](N(C)C)[C@H]3O)[C@@](C)(O)C[C@@H](C)CN(C)[C@H](C)[C@@H](O)[C@](C)(O)[C@@H](CC)OC(=O)[C@@H]2C)C[C@@]1(C)OC. The number of aliphatic hydroxyl groups is 4. The molecule has 0 aromatic heterocycles. The van der Waals surface area contributed by atoms with Gasteiger partial charge < -0.3 is 68.7 Å². The normalized spacial score (nSPS) is 45.4. The molecule has 0 aromatic rings. The molecule has 0 bridgehead atoms. The Morgan fingerprint density at radius 2 is 1.67 bits per heavy atom. The Kier molecular flexibility index (Phi) is 18.0. The van der Waals surface area contributed by atoms with Gasteiger partial charge in [-0.1, -0.05) is 26.8 Å². The van der Waals surface area contributed by atoms with Crippen molar-refractivity contribution in [3.63, 3.8) is 0 Å². The summed E-state index contributed by atoms with van der Waals surface area (Å²) in [5.74, 6) is -2.74. The third-order valence-electron chi connectivity index (χ3n) is 12.8. The van der Waals surface area contributed by atoms with E-state index in [2.05, 4.69) is 11.9 Å². The Hall–Kier alpha value is -1.96. The fourth-order valence-corrected chi connectivity index (χ4v) is 9.26. The number of nitrogens with one attached hydrogen (secondary N) is 1. The minimum Gasteiger partial charge on any atom is -0.459 e. The summed E-state index contributed by atoms with van der Waals surface area (Å²) in [6.45, 7) is 21.8. The first-order chi connectivity index (χ1) is 26.8. The summed E-state index contributed by atoms with van der Waals surface area (Å²) in [6.07, 6.45) is -7.73. The molecule has 5 N–H and O–H groups in total. The fraction of sp³-hybridized carbons (Fsp3) is 0.905. The number of alkyl carbamates (subject to hydrolysis) is 1. The maximum atomic E-state index is 14.4. The summed E-state index contributed by atoms with van der Waals surface area (Å²) < 4.78 is 44.0. The Morgan fingerprint density at radius 1 is 1.03 bits per heavy atom. The molecule has 0 spiro atoms. The van der Waals surface area contributed by atoms with Gasteiger partial charge in [-0.05, 0) is 94.8 Å². The second-order valence-electron chi connectivity index (χ2n) is 18.2. The van der Waals surface area contributed by atoms with Crippen LogP contribution in [0.1, 0.15) is 94.9 Å². The van der Waals surface area contributed by atoms with Crippen LogP contribution in [-0.2, 0) is 38.0 Å². The van der Waals surface area contributed by atoms with Gasteiger partial charge in [0.1, 0.15) is 29.5 Å². The van der Waals surface area contributed by atoms with Gasteiger partial charge in [-0.15, -0.1) is 6.58 Å². The van der Waals surface area contributed by atoms with Crippen molar-refractivity contribution in [1.82, 2.24) is 15.1 Å². The lowest BCUT2D eigenvalue weighted by Crippen LogP contribution is -2.61. The van der Waals surface area contributed by atoms with E-state index in [0.717, 1.165) is 0 Å². The molecule has 1 amide bonds. The van der Waals surface area contributed by atoms with Crippen LogP contribution in [0, 0.1) is 17.8 Å². The summed E-state index contributed by atoms with van der Waals surface area (Å²) in [4.78, 5) is 30.9. The van der Waals surface area contributed by atoms with Gasteiger partial charge in [-0.3, -0.25) is 4.79 Å².